The van der Waals surface area contributed by atoms with Crippen molar-refractivity contribution >= 4 is 16.1 Å². The van der Waals surface area contributed by atoms with Gasteiger partial charge in [-0.1, -0.05) is 19.8 Å². The van der Waals surface area contributed by atoms with Crippen molar-refractivity contribution in [2.75, 3.05) is 11.5 Å². The zero-order valence-electron chi connectivity index (χ0n) is 8.61. The Labute approximate surface area is 85.8 Å². The van der Waals surface area contributed by atoms with Crippen LogP contribution in [0.4, 0.5) is 0 Å². The molecule has 1 fully saturated rings. The molecule has 0 aromatic rings. The quantitative estimate of drug-likeness (QED) is 0.656. The van der Waals surface area contributed by atoms with E-state index in [2.05, 4.69) is 0 Å². The summed E-state index contributed by atoms with van der Waals surface area (Å²) in [6.07, 6.45) is 5.15. The van der Waals surface area contributed by atoms with Gasteiger partial charge >= 0.3 is 0 Å². The first-order valence-electron chi connectivity index (χ1n) is 5.24. The third-order valence-electron chi connectivity index (χ3n) is 3.07. The lowest BCUT2D eigenvalue weighted by atomic mass is 9.94. The van der Waals surface area contributed by atoms with E-state index in [0.717, 1.165) is 32.0 Å². The van der Waals surface area contributed by atoms with Crippen molar-refractivity contribution in [2.24, 2.45) is 11.8 Å². The fourth-order valence-corrected chi connectivity index (χ4v) is 3.26. The first-order valence-corrected chi connectivity index (χ1v) is 7.07. The minimum Gasteiger partial charge on any atom is -0.303 e. The molecule has 0 aromatic carbocycles. The zero-order valence-corrected chi connectivity index (χ0v) is 9.42. The highest BCUT2D eigenvalue weighted by molar-refractivity contribution is 7.91. The molecule has 1 saturated carbocycles. The lowest BCUT2D eigenvalue weighted by Gasteiger charge is -2.16. The SMILES string of the molecule is CCS(=O)(=O)C[C@H](C=O)C1CCCC1. The van der Waals surface area contributed by atoms with Crippen molar-refractivity contribution in [3.05, 3.63) is 0 Å². The molecule has 0 spiro atoms. The van der Waals surface area contributed by atoms with Crippen molar-refractivity contribution in [1.82, 2.24) is 0 Å². The van der Waals surface area contributed by atoms with E-state index in [1.54, 1.807) is 6.92 Å². The highest BCUT2D eigenvalue weighted by Crippen LogP contribution is 2.31. The summed E-state index contributed by atoms with van der Waals surface area (Å²) in [5, 5.41) is 0. The maximum atomic E-state index is 11.4. The van der Waals surface area contributed by atoms with E-state index < -0.39 is 9.84 Å². The van der Waals surface area contributed by atoms with Crippen molar-refractivity contribution in [1.29, 1.82) is 0 Å². The summed E-state index contributed by atoms with van der Waals surface area (Å²) in [4.78, 5) is 10.8. The monoisotopic (exact) mass is 218 g/mol. The predicted octanol–water partition coefficient (Wildman–Crippen LogP) is 1.43. The molecule has 1 atom stereocenters. The van der Waals surface area contributed by atoms with Crippen molar-refractivity contribution < 1.29 is 13.2 Å². The van der Waals surface area contributed by atoms with Gasteiger partial charge in [0.1, 0.15) is 6.29 Å². The molecule has 0 N–H and O–H groups in total. The zero-order chi connectivity index (χ0) is 10.6. The van der Waals surface area contributed by atoms with Gasteiger partial charge in [-0.3, -0.25) is 0 Å². The highest BCUT2D eigenvalue weighted by Gasteiger charge is 2.28. The van der Waals surface area contributed by atoms with Crippen LogP contribution in [0, 0.1) is 11.8 Å². The van der Waals surface area contributed by atoms with Gasteiger partial charge in [0.15, 0.2) is 9.84 Å². The third kappa shape index (κ3) is 3.08. The summed E-state index contributed by atoms with van der Waals surface area (Å²) in [5.74, 6) is 0.248. The van der Waals surface area contributed by atoms with Crippen LogP contribution in [-0.2, 0) is 14.6 Å². The summed E-state index contributed by atoms with van der Waals surface area (Å²) in [7, 11) is -3.00. The standard InChI is InChI=1S/C10H18O3S/c1-2-14(12,13)8-10(7-11)9-5-3-4-6-9/h7,9-10H,2-6,8H2,1H3/t10-/m0/s1. The van der Waals surface area contributed by atoms with Gasteiger partial charge in [-0.2, -0.15) is 0 Å². The molecule has 1 rings (SSSR count). The number of carbonyl (C=O) groups is 1. The lowest BCUT2D eigenvalue weighted by Crippen LogP contribution is -2.24. The van der Waals surface area contributed by atoms with Crippen LogP contribution in [0.2, 0.25) is 0 Å². The number of aldehydes is 1. The molecule has 3 nitrogen and oxygen atoms in total. The largest absolute Gasteiger partial charge is 0.303 e. The van der Waals surface area contributed by atoms with E-state index in [-0.39, 0.29) is 17.4 Å². The summed E-state index contributed by atoms with van der Waals surface area (Å²) >= 11 is 0. The van der Waals surface area contributed by atoms with Crippen molar-refractivity contribution in [2.45, 2.75) is 32.6 Å². The second-order valence-electron chi connectivity index (χ2n) is 4.04. The van der Waals surface area contributed by atoms with E-state index in [9.17, 15) is 13.2 Å². The molecule has 4 heteroatoms. The van der Waals surface area contributed by atoms with Crippen LogP contribution in [0.3, 0.4) is 0 Å². The molecule has 0 unspecified atom stereocenters. The molecule has 0 bridgehead atoms. The van der Waals surface area contributed by atoms with Crippen LogP contribution in [0.1, 0.15) is 32.6 Å². The summed E-state index contributed by atoms with van der Waals surface area (Å²) < 4.78 is 22.7. The number of rotatable bonds is 5. The summed E-state index contributed by atoms with van der Waals surface area (Å²) in [5.41, 5.74) is 0. The fraction of sp³-hybridized carbons (Fsp3) is 0.900. The van der Waals surface area contributed by atoms with Crippen LogP contribution in [0.15, 0.2) is 0 Å². The Bertz CT molecular complexity index is 276. The van der Waals surface area contributed by atoms with Gasteiger partial charge in [-0.15, -0.1) is 0 Å². The second kappa shape index (κ2) is 4.91. The molecule has 0 radical (unpaired) electrons. The van der Waals surface area contributed by atoms with Gasteiger partial charge in [0.2, 0.25) is 0 Å². The Morgan fingerprint density at radius 1 is 1.36 bits per heavy atom. The van der Waals surface area contributed by atoms with Crippen molar-refractivity contribution in [3.8, 4) is 0 Å². The molecule has 14 heavy (non-hydrogen) atoms. The molecular formula is C10H18O3S. The van der Waals surface area contributed by atoms with Gasteiger partial charge in [-0.05, 0) is 18.8 Å². The van der Waals surface area contributed by atoms with Gasteiger partial charge in [0.25, 0.3) is 0 Å². The molecule has 0 heterocycles. The summed E-state index contributed by atoms with van der Waals surface area (Å²) in [6.45, 7) is 1.63. The van der Waals surface area contributed by atoms with Gasteiger partial charge in [-0.25, -0.2) is 8.42 Å². The predicted molar refractivity (Wildman–Crippen MR) is 55.8 cm³/mol. The molecule has 82 valence electrons. The molecule has 1 aliphatic rings. The number of hydrogen-bond acceptors (Lipinski definition) is 3. The first kappa shape index (κ1) is 11.7. The Morgan fingerprint density at radius 2 is 1.93 bits per heavy atom. The Balaban J connectivity index is 2.58. The minimum absolute atomic E-state index is 0.0532. The second-order valence-corrected chi connectivity index (χ2v) is 6.44. The van der Waals surface area contributed by atoms with E-state index >= 15 is 0 Å². The first-order chi connectivity index (χ1) is 6.59. The molecule has 0 aliphatic heterocycles. The van der Waals surface area contributed by atoms with Crippen LogP contribution in [0.25, 0.3) is 0 Å². The topological polar surface area (TPSA) is 51.2 Å². The maximum absolute atomic E-state index is 11.4. The number of sulfone groups is 1. The summed E-state index contributed by atoms with van der Waals surface area (Å²) in [6, 6.07) is 0. The van der Waals surface area contributed by atoms with E-state index in [0.29, 0.717) is 5.92 Å². The van der Waals surface area contributed by atoms with Crippen LogP contribution in [-0.4, -0.2) is 26.2 Å². The third-order valence-corrected chi connectivity index (χ3v) is 4.84. The maximum Gasteiger partial charge on any atom is 0.150 e. The smallest absolute Gasteiger partial charge is 0.150 e. The molecule has 0 aromatic heterocycles. The van der Waals surface area contributed by atoms with E-state index in [4.69, 9.17) is 0 Å². The molecule has 0 saturated heterocycles. The molecule has 1 aliphatic carbocycles. The normalized spacial score (nSPS) is 20.9. The highest BCUT2D eigenvalue weighted by atomic mass is 32.2. The minimum atomic E-state index is -3.00. The van der Waals surface area contributed by atoms with E-state index in [1.165, 1.54) is 0 Å². The van der Waals surface area contributed by atoms with Gasteiger partial charge in [0, 0.05) is 11.7 Å². The van der Waals surface area contributed by atoms with Crippen LogP contribution < -0.4 is 0 Å². The van der Waals surface area contributed by atoms with Gasteiger partial charge < -0.3 is 4.79 Å². The van der Waals surface area contributed by atoms with Gasteiger partial charge in [0.05, 0.1) is 5.75 Å². The van der Waals surface area contributed by atoms with Crippen LogP contribution in [0.5, 0.6) is 0 Å². The fourth-order valence-electron chi connectivity index (χ4n) is 2.08. The lowest BCUT2D eigenvalue weighted by molar-refractivity contribution is -0.111. The Hall–Kier alpha value is -0.380. The molecular weight excluding hydrogens is 200 g/mol. The number of hydrogen-bond donors (Lipinski definition) is 0. The molecule has 0 amide bonds. The van der Waals surface area contributed by atoms with Crippen molar-refractivity contribution in [3.63, 3.8) is 0 Å². The average molecular weight is 218 g/mol. The van der Waals surface area contributed by atoms with E-state index in [1.807, 2.05) is 0 Å². The Morgan fingerprint density at radius 3 is 2.36 bits per heavy atom. The number of carbonyl (C=O) groups excluding carboxylic acids is 1. The Kier molecular flexibility index (Phi) is 4.11. The van der Waals surface area contributed by atoms with Crippen LogP contribution >= 0.6 is 0 Å². The average Bonchev–Trinajstić information content (AvgIpc) is 2.67.